The van der Waals surface area contributed by atoms with Crippen molar-refractivity contribution in [2.24, 2.45) is 5.92 Å². The van der Waals surface area contributed by atoms with Gasteiger partial charge in [0.2, 0.25) is 0 Å². The summed E-state index contributed by atoms with van der Waals surface area (Å²) in [7, 11) is 0. The van der Waals surface area contributed by atoms with Gasteiger partial charge in [0.15, 0.2) is 5.65 Å². The summed E-state index contributed by atoms with van der Waals surface area (Å²) in [5, 5.41) is 10.6. The van der Waals surface area contributed by atoms with Gasteiger partial charge in [-0.25, -0.2) is 19.3 Å². The molecule has 0 fully saturated rings. The van der Waals surface area contributed by atoms with Crippen LogP contribution >= 0.6 is 15.9 Å². The van der Waals surface area contributed by atoms with Crippen LogP contribution in [0, 0.1) is 12.8 Å². The van der Waals surface area contributed by atoms with Crippen molar-refractivity contribution in [1.82, 2.24) is 19.6 Å². The van der Waals surface area contributed by atoms with Crippen LogP contribution in [-0.2, 0) is 0 Å². The van der Waals surface area contributed by atoms with Gasteiger partial charge in [0.05, 0.1) is 0 Å². The lowest BCUT2D eigenvalue weighted by Gasteiger charge is -2.20. The number of halogens is 1. The van der Waals surface area contributed by atoms with Crippen molar-refractivity contribution in [2.45, 2.75) is 26.8 Å². The quantitative estimate of drug-likeness (QED) is 0.840. The number of H-pyrrole nitrogens is 1. The second-order valence-corrected chi connectivity index (χ2v) is 5.12. The smallest absolute Gasteiger partial charge is 0.349 e. The monoisotopic (exact) mass is 313 g/mol. The number of anilines is 1. The summed E-state index contributed by atoms with van der Waals surface area (Å²) in [5.74, 6) is 1.83. The summed E-state index contributed by atoms with van der Waals surface area (Å²) in [6.45, 7) is 6.04. The lowest BCUT2D eigenvalue weighted by Crippen LogP contribution is -2.25. The maximum absolute atomic E-state index is 11.5. The Bertz CT molecular complexity index is 605. The molecule has 18 heavy (non-hydrogen) atoms. The maximum atomic E-state index is 11.5. The zero-order valence-electron chi connectivity index (χ0n) is 10.6. The average Bonchev–Trinajstić information content (AvgIpc) is 2.70. The lowest BCUT2D eigenvalue weighted by atomic mass is 10.1. The zero-order chi connectivity index (χ0) is 13.3. The van der Waals surface area contributed by atoms with Crippen LogP contribution in [0.1, 0.15) is 19.7 Å². The number of fused-ring (bicyclic) bond motifs is 1. The molecule has 6 nitrogen and oxygen atoms in total. The van der Waals surface area contributed by atoms with Crippen molar-refractivity contribution in [3.63, 3.8) is 0 Å². The molecule has 2 unspecified atom stereocenters. The van der Waals surface area contributed by atoms with E-state index in [-0.39, 0.29) is 11.7 Å². The molecule has 2 heterocycles. The third-order valence-corrected chi connectivity index (χ3v) is 4.06. The van der Waals surface area contributed by atoms with Gasteiger partial charge in [0, 0.05) is 17.4 Å². The largest absolute Gasteiger partial charge is 0.367 e. The van der Waals surface area contributed by atoms with Gasteiger partial charge in [-0.15, -0.1) is 0 Å². The molecule has 0 saturated heterocycles. The first-order valence-electron chi connectivity index (χ1n) is 5.80. The molecule has 0 spiro atoms. The third kappa shape index (κ3) is 2.40. The highest BCUT2D eigenvalue weighted by Gasteiger charge is 2.13. The van der Waals surface area contributed by atoms with Gasteiger partial charge >= 0.3 is 5.69 Å². The van der Waals surface area contributed by atoms with E-state index in [0.717, 1.165) is 11.1 Å². The second kappa shape index (κ2) is 5.09. The van der Waals surface area contributed by atoms with Crippen LogP contribution in [0.3, 0.4) is 0 Å². The van der Waals surface area contributed by atoms with E-state index in [1.807, 2.05) is 0 Å². The number of nitrogens with one attached hydrogen (secondary N) is 2. The minimum atomic E-state index is -0.261. The molecule has 0 aromatic carbocycles. The Morgan fingerprint density at radius 2 is 2.28 bits per heavy atom. The van der Waals surface area contributed by atoms with Gasteiger partial charge in [0.25, 0.3) is 0 Å². The molecule has 2 aromatic heterocycles. The molecule has 0 saturated carbocycles. The number of aromatic nitrogens is 4. The van der Waals surface area contributed by atoms with Crippen molar-refractivity contribution >= 4 is 27.4 Å². The molecular formula is C11H16BrN5O. The molecule has 0 aliphatic heterocycles. The number of aromatic amines is 1. The average molecular weight is 314 g/mol. The number of nitrogens with zero attached hydrogens (tertiary/aromatic N) is 3. The molecule has 98 valence electrons. The normalized spacial score (nSPS) is 14.7. The van der Waals surface area contributed by atoms with Gasteiger partial charge in [-0.1, -0.05) is 22.9 Å². The van der Waals surface area contributed by atoms with E-state index in [0.29, 0.717) is 17.4 Å². The van der Waals surface area contributed by atoms with Crippen LogP contribution in [-0.4, -0.2) is 31.0 Å². The summed E-state index contributed by atoms with van der Waals surface area (Å²) in [4.78, 5) is 15.8. The zero-order valence-corrected chi connectivity index (χ0v) is 12.2. The highest BCUT2D eigenvalue weighted by atomic mass is 79.9. The van der Waals surface area contributed by atoms with Gasteiger partial charge in [-0.2, -0.15) is 5.10 Å². The molecule has 0 bridgehead atoms. The van der Waals surface area contributed by atoms with Crippen LogP contribution < -0.4 is 11.0 Å². The molecule has 0 aliphatic rings. The summed E-state index contributed by atoms with van der Waals surface area (Å²) >= 11 is 3.46. The van der Waals surface area contributed by atoms with Crippen molar-refractivity contribution in [1.29, 1.82) is 0 Å². The third-order valence-electron chi connectivity index (χ3n) is 3.04. The first kappa shape index (κ1) is 13.1. The highest BCUT2D eigenvalue weighted by molar-refractivity contribution is 9.09. The Hall–Kier alpha value is -1.37. The van der Waals surface area contributed by atoms with Crippen molar-refractivity contribution in [2.75, 3.05) is 10.6 Å². The van der Waals surface area contributed by atoms with Crippen molar-refractivity contribution < 1.29 is 0 Å². The first-order chi connectivity index (χ1) is 8.52. The van der Waals surface area contributed by atoms with E-state index >= 15 is 0 Å². The minimum Gasteiger partial charge on any atom is -0.367 e. The van der Waals surface area contributed by atoms with Crippen LogP contribution in [0.5, 0.6) is 0 Å². The van der Waals surface area contributed by atoms with Crippen LogP contribution in [0.4, 0.5) is 5.82 Å². The van der Waals surface area contributed by atoms with Gasteiger partial charge in [0.1, 0.15) is 11.6 Å². The summed E-state index contributed by atoms with van der Waals surface area (Å²) in [5.41, 5.74) is 0.317. The molecule has 0 amide bonds. The SMILES string of the molecule is Cc1nc(NC(C)C(C)CBr)cc2n[nH]c(=O)n12. The van der Waals surface area contributed by atoms with Gasteiger partial charge in [-0.3, -0.25) is 0 Å². The lowest BCUT2D eigenvalue weighted by molar-refractivity contribution is 0.570. The Labute approximate surface area is 113 Å². The summed E-state index contributed by atoms with van der Waals surface area (Å²) in [6.07, 6.45) is 0. The minimum absolute atomic E-state index is 0.261. The fourth-order valence-electron chi connectivity index (χ4n) is 1.68. The van der Waals surface area contributed by atoms with E-state index < -0.39 is 0 Å². The molecule has 2 aromatic rings. The van der Waals surface area contributed by atoms with E-state index in [2.05, 4.69) is 50.3 Å². The van der Waals surface area contributed by atoms with E-state index in [9.17, 15) is 4.79 Å². The Morgan fingerprint density at radius 3 is 2.94 bits per heavy atom. The number of hydrogen-bond acceptors (Lipinski definition) is 4. The molecule has 0 radical (unpaired) electrons. The van der Waals surface area contributed by atoms with Crippen LogP contribution in [0.25, 0.3) is 5.65 Å². The second-order valence-electron chi connectivity index (χ2n) is 4.48. The highest BCUT2D eigenvalue weighted by Crippen LogP contribution is 2.14. The summed E-state index contributed by atoms with van der Waals surface area (Å²) < 4.78 is 1.45. The number of aryl methyl sites for hydroxylation is 1. The van der Waals surface area contributed by atoms with E-state index in [4.69, 9.17) is 0 Å². The predicted octanol–water partition coefficient (Wildman–Crippen LogP) is 1.56. The topological polar surface area (TPSA) is 75.1 Å². The Kier molecular flexibility index (Phi) is 3.70. The summed E-state index contributed by atoms with van der Waals surface area (Å²) in [6, 6.07) is 2.05. The number of alkyl halides is 1. The van der Waals surface area contributed by atoms with Gasteiger partial charge in [-0.05, 0) is 19.8 Å². The predicted molar refractivity (Wildman–Crippen MR) is 74.4 cm³/mol. The van der Waals surface area contributed by atoms with E-state index in [1.54, 1.807) is 13.0 Å². The molecule has 2 rings (SSSR count). The van der Waals surface area contributed by atoms with Crippen LogP contribution in [0.15, 0.2) is 10.9 Å². The fraction of sp³-hybridized carbons (Fsp3) is 0.545. The fourth-order valence-corrected chi connectivity index (χ4v) is 2.24. The van der Waals surface area contributed by atoms with E-state index in [1.165, 1.54) is 4.40 Å². The van der Waals surface area contributed by atoms with Crippen molar-refractivity contribution in [3.8, 4) is 0 Å². The number of hydrogen-bond donors (Lipinski definition) is 2. The van der Waals surface area contributed by atoms with Crippen LogP contribution in [0.2, 0.25) is 0 Å². The maximum Gasteiger partial charge on any atom is 0.349 e. The molecule has 2 atom stereocenters. The first-order valence-corrected chi connectivity index (χ1v) is 6.92. The standard InChI is InChI=1S/C11H16BrN5O/c1-6(5-12)7(2)13-9-4-10-15-16-11(18)17(10)8(3)14-9/h4,6-7,13H,5H2,1-3H3,(H,16,18). The van der Waals surface area contributed by atoms with Crippen molar-refractivity contribution in [3.05, 3.63) is 22.4 Å². The van der Waals surface area contributed by atoms with Gasteiger partial charge < -0.3 is 5.32 Å². The molecule has 7 heteroatoms. The number of rotatable bonds is 4. The molecule has 2 N–H and O–H groups in total. The molecule has 0 aliphatic carbocycles. The Balaban J connectivity index is 2.33. The Morgan fingerprint density at radius 1 is 1.56 bits per heavy atom. The molecular weight excluding hydrogens is 298 g/mol.